The van der Waals surface area contributed by atoms with Crippen LogP contribution in [0.3, 0.4) is 0 Å². The van der Waals surface area contributed by atoms with Crippen LogP contribution in [-0.4, -0.2) is 38.9 Å². The molecule has 2 heterocycles. The minimum absolute atomic E-state index is 0. The molecular weight excluding hydrogens is 353 g/mol. The maximum atomic E-state index is 12.7. The predicted molar refractivity (Wildman–Crippen MR) is 82.7 cm³/mol. The van der Waals surface area contributed by atoms with E-state index in [4.69, 9.17) is 0 Å². The minimum atomic E-state index is -4.46. The average molecular weight is 371 g/mol. The summed E-state index contributed by atoms with van der Waals surface area (Å²) in [5, 5.41) is 3.22. The molecule has 2 aliphatic heterocycles. The number of nitrogens with one attached hydrogen (secondary N) is 1. The monoisotopic (exact) mass is 370 g/mol. The summed E-state index contributed by atoms with van der Waals surface area (Å²) in [6.45, 7) is 2.53. The lowest BCUT2D eigenvalue weighted by molar-refractivity contribution is -0.137. The van der Waals surface area contributed by atoms with Crippen molar-refractivity contribution in [3.05, 3.63) is 35.4 Å². The first-order valence-electron chi connectivity index (χ1n) is 7.10. The Morgan fingerprint density at radius 1 is 1.17 bits per heavy atom. The van der Waals surface area contributed by atoms with E-state index in [1.807, 2.05) is 0 Å². The first kappa shape index (κ1) is 18.5. The third-order valence-corrected chi connectivity index (χ3v) is 6.14. The van der Waals surface area contributed by atoms with E-state index < -0.39 is 21.8 Å². The van der Waals surface area contributed by atoms with Crippen molar-refractivity contribution in [2.75, 3.05) is 26.2 Å². The third-order valence-electron chi connectivity index (χ3n) is 4.35. The summed E-state index contributed by atoms with van der Waals surface area (Å²) in [5.74, 6) is 0.247. The molecule has 0 saturated carbocycles. The number of rotatable bonds is 3. The van der Waals surface area contributed by atoms with Gasteiger partial charge in [0.05, 0.1) is 11.3 Å². The predicted octanol–water partition coefficient (Wildman–Crippen LogP) is 2.11. The van der Waals surface area contributed by atoms with E-state index in [1.54, 1.807) is 0 Å². The molecule has 130 valence electrons. The number of nitrogens with zero attached hydrogens (tertiary/aromatic N) is 1. The standard InChI is InChI=1S/C14H17F3N2O2S.ClH/c15-14(16,17)13-3-1-2-10(4-13)9-22(20,21)19-7-11-5-18-6-12(11)8-19;/h1-4,11-12,18H,5-9H2;1H/t11-,12+;. The van der Waals surface area contributed by atoms with Crippen LogP contribution >= 0.6 is 12.4 Å². The van der Waals surface area contributed by atoms with Gasteiger partial charge in [-0.15, -0.1) is 12.4 Å². The van der Waals surface area contributed by atoms with Gasteiger partial charge in [-0.25, -0.2) is 12.7 Å². The zero-order chi connectivity index (χ0) is 16.0. The Balaban J connectivity index is 0.00000192. The van der Waals surface area contributed by atoms with Crippen LogP contribution in [0.4, 0.5) is 13.2 Å². The fourth-order valence-corrected chi connectivity index (χ4v) is 4.80. The van der Waals surface area contributed by atoms with Crippen molar-refractivity contribution in [2.24, 2.45) is 11.8 Å². The molecule has 1 N–H and O–H groups in total. The van der Waals surface area contributed by atoms with Crippen molar-refractivity contribution >= 4 is 22.4 Å². The van der Waals surface area contributed by atoms with Crippen LogP contribution in [0.1, 0.15) is 11.1 Å². The molecule has 23 heavy (non-hydrogen) atoms. The van der Waals surface area contributed by atoms with Crippen molar-refractivity contribution < 1.29 is 21.6 Å². The van der Waals surface area contributed by atoms with E-state index in [2.05, 4.69) is 5.32 Å². The second kappa shape index (κ2) is 6.58. The molecule has 2 aliphatic rings. The highest BCUT2D eigenvalue weighted by molar-refractivity contribution is 7.88. The van der Waals surface area contributed by atoms with Crippen molar-refractivity contribution in [2.45, 2.75) is 11.9 Å². The number of alkyl halides is 3. The molecule has 9 heteroatoms. The summed E-state index contributed by atoms with van der Waals surface area (Å²) >= 11 is 0. The molecule has 2 saturated heterocycles. The van der Waals surface area contributed by atoms with E-state index in [0.29, 0.717) is 24.9 Å². The molecule has 2 atom stereocenters. The zero-order valence-corrected chi connectivity index (χ0v) is 13.8. The Labute approximate surface area is 139 Å². The van der Waals surface area contributed by atoms with Crippen LogP contribution in [-0.2, 0) is 22.0 Å². The Morgan fingerprint density at radius 2 is 1.78 bits per heavy atom. The number of hydrogen-bond donors (Lipinski definition) is 1. The Kier molecular flexibility index (Phi) is 5.30. The molecule has 0 unspecified atom stereocenters. The smallest absolute Gasteiger partial charge is 0.316 e. The van der Waals surface area contributed by atoms with Crippen molar-refractivity contribution in [3.8, 4) is 0 Å². The first-order valence-corrected chi connectivity index (χ1v) is 8.71. The molecule has 1 aromatic carbocycles. The molecule has 3 rings (SSSR count). The fraction of sp³-hybridized carbons (Fsp3) is 0.571. The number of halogens is 4. The number of benzene rings is 1. The average Bonchev–Trinajstić information content (AvgIpc) is 2.98. The molecule has 0 radical (unpaired) electrons. The van der Waals surface area contributed by atoms with Gasteiger partial charge in [0, 0.05) is 13.1 Å². The van der Waals surface area contributed by atoms with Crippen LogP contribution in [0.15, 0.2) is 24.3 Å². The van der Waals surface area contributed by atoms with E-state index in [-0.39, 0.29) is 23.7 Å². The lowest BCUT2D eigenvalue weighted by atomic mass is 10.0. The van der Waals surface area contributed by atoms with Crippen molar-refractivity contribution in [1.82, 2.24) is 9.62 Å². The van der Waals surface area contributed by atoms with Crippen LogP contribution in [0, 0.1) is 11.8 Å². The molecule has 0 spiro atoms. The lowest BCUT2D eigenvalue weighted by Gasteiger charge is -2.18. The van der Waals surface area contributed by atoms with Gasteiger partial charge in [0.2, 0.25) is 10.0 Å². The van der Waals surface area contributed by atoms with Crippen molar-refractivity contribution in [1.29, 1.82) is 0 Å². The Bertz CT molecular complexity index is 654. The SMILES string of the molecule is Cl.O=S(=O)(Cc1cccc(C(F)(F)F)c1)N1C[C@H]2CNC[C@H]2C1. The summed E-state index contributed by atoms with van der Waals surface area (Å²) in [6, 6.07) is 4.53. The first-order chi connectivity index (χ1) is 10.3. The summed E-state index contributed by atoms with van der Waals surface area (Å²) in [7, 11) is -3.58. The molecule has 4 nitrogen and oxygen atoms in total. The quantitative estimate of drug-likeness (QED) is 0.886. The van der Waals surface area contributed by atoms with Crippen LogP contribution in [0.25, 0.3) is 0 Å². The molecule has 2 fully saturated rings. The van der Waals surface area contributed by atoms with Crippen LogP contribution in [0.2, 0.25) is 0 Å². The Morgan fingerprint density at radius 3 is 2.35 bits per heavy atom. The molecule has 0 aromatic heterocycles. The van der Waals surface area contributed by atoms with E-state index in [1.165, 1.54) is 16.4 Å². The minimum Gasteiger partial charge on any atom is -0.316 e. The number of hydrogen-bond acceptors (Lipinski definition) is 3. The molecule has 0 amide bonds. The van der Waals surface area contributed by atoms with Gasteiger partial charge < -0.3 is 5.32 Å². The highest BCUT2D eigenvalue weighted by atomic mass is 35.5. The van der Waals surface area contributed by atoms with E-state index in [0.717, 1.165) is 25.2 Å². The van der Waals surface area contributed by atoms with Gasteiger partial charge in [0.25, 0.3) is 0 Å². The molecule has 0 bridgehead atoms. The summed E-state index contributed by atoms with van der Waals surface area (Å²) in [6.07, 6.45) is -4.46. The zero-order valence-electron chi connectivity index (χ0n) is 12.2. The lowest BCUT2D eigenvalue weighted by Crippen LogP contribution is -2.32. The van der Waals surface area contributed by atoms with E-state index in [9.17, 15) is 21.6 Å². The van der Waals surface area contributed by atoms with Gasteiger partial charge in [0.15, 0.2) is 0 Å². The van der Waals surface area contributed by atoms with Crippen LogP contribution in [0.5, 0.6) is 0 Å². The second-order valence-corrected chi connectivity index (χ2v) is 7.92. The largest absolute Gasteiger partial charge is 0.416 e. The van der Waals surface area contributed by atoms with Gasteiger partial charge >= 0.3 is 6.18 Å². The maximum absolute atomic E-state index is 12.7. The third kappa shape index (κ3) is 3.99. The van der Waals surface area contributed by atoms with Gasteiger partial charge in [-0.05, 0) is 36.6 Å². The van der Waals surface area contributed by atoms with Gasteiger partial charge in [0.1, 0.15) is 0 Å². The summed E-state index contributed by atoms with van der Waals surface area (Å²) < 4.78 is 64.3. The highest BCUT2D eigenvalue weighted by Crippen LogP contribution is 2.32. The van der Waals surface area contributed by atoms with Crippen LogP contribution < -0.4 is 5.32 Å². The highest BCUT2D eigenvalue weighted by Gasteiger charge is 2.41. The van der Waals surface area contributed by atoms with Crippen molar-refractivity contribution in [3.63, 3.8) is 0 Å². The Hall–Kier alpha value is -0.830. The van der Waals surface area contributed by atoms with E-state index >= 15 is 0 Å². The topological polar surface area (TPSA) is 49.4 Å². The second-order valence-electron chi connectivity index (χ2n) is 5.95. The number of sulfonamides is 1. The molecular formula is C14H18ClF3N2O2S. The van der Waals surface area contributed by atoms with Gasteiger partial charge in [-0.3, -0.25) is 0 Å². The van der Waals surface area contributed by atoms with Gasteiger partial charge in [-0.1, -0.05) is 18.2 Å². The number of fused-ring (bicyclic) bond motifs is 1. The fourth-order valence-electron chi connectivity index (χ4n) is 3.18. The van der Waals surface area contributed by atoms with Gasteiger partial charge in [-0.2, -0.15) is 13.2 Å². The summed E-state index contributed by atoms with van der Waals surface area (Å²) in [4.78, 5) is 0. The molecule has 0 aliphatic carbocycles. The normalized spacial score (nSPS) is 25.2. The maximum Gasteiger partial charge on any atom is 0.416 e. The molecule has 1 aromatic rings. The summed E-state index contributed by atoms with van der Waals surface area (Å²) in [5.41, 5.74) is -0.646.